The molecule has 3 aromatic carbocycles. The number of ether oxygens (including phenoxy) is 2. The third-order valence-electron chi connectivity index (χ3n) is 6.86. The number of hydrogen-bond acceptors (Lipinski definition) is 7. The summed E-state index contributed by atoms with van der Waals surface area (Å²) in [5.41, 5.74) is 0.482. The first kappa shape index (κ1) is 33.7. The van der Waals surface area contributed by atoms with Crippen molar-refractivity contribution in [2.75, 3.05) is 28.2 Å². The number of amides is 4. The van der Waals surface area contributed by atoms with E-state index in [1.807, 2.05) is 30.3 Å². The van der Waals surface area contributed by atoms with Crippen LogP contribution in [0.2, 0.25) is 0 Å². The second-order valence-corrected chi connectivity index (χ2v) is 13.0. The van der Waals surface area contributed by atoms with E-state index < -0.39 is 47.5 Å². The molecule has 242 valence electrons. The minimum Gasteiger partial charge on any atom is -0.459 e. The molecule has 0 saturated carbocycles. The summed E-state index contributed by atoms with van der Waals surface area (Å²) in [6.07, 6.45) is 0. The first-order valence-corrected chi connectivity index (χ1v) is 15.0. The highest BCUT2D eigenvalue weighted by Crippen LogP contribution is 2.35. The van der Waals surface area contributed by atoms with E-state index in [-0.39, 0.29) is 30.3 Å². The summed E-state index contributed by atoms with van der Waals surface area (Å²) >= 11 is 0. The minimum absolute atomic E-state index is 0.0909. The Hall–Kier alpha value is -5.19. The van der Waals surface area contributed by atoms with Gasteiger partial charge in [-0.15, -0.1) is 0 Å². The van der Waals surface area contributed by atoms with Gasteiger partial charge in [0.2, 0.25) is 5.91 Å². The number of nitrogens with zero attached hydrogens (tertiary/aromatic N) is 2. The van der Waals surface area contributed by atoms with Crippen LogP contribution >= 0.6 is 0 Å². The zero-order chi connectivity index (χ0) is 33.6. The number of para-hydroxylation sites is 2. The van der Waals surface area contributed by atoms with Gasteiger partial charge in [0.15, 0.2) is 0 Å². The van der Waals surface area contributed by atoms with Crippen LogP contribution in [0.3, 0.4) is 0 Å². The largest absolute Gasteiger partial charge is 0.459 e. The Morgan fingerprint density at radius 1 is 0.848 bits per heavy atom. The van der Waals surface area contributed by atoms with E-state index in [1.165, 1.54) is 15.9 Å². The van der Waals surface area contributed by atoms with Gasteiger partial charge in [-0.05, 0) is 56.7 Å². The molecule has 1 heterocycles. The van der Waals surface area contributed by atoms with Gasteiger partial charge in [-0.1, -0.05) is 69.3 Å². The molecular formula is C35H40N4O7. The number of carbonyl (C=O) groups is 5. The molecule has 1 aliphatic rings. The Labute approximate surface area is 268 Å². The summed E-state index contributed by atoms with van der Waals surface area (Å²) in [5.74, 6) is -2.10. The minimum atomic E-state index is -1.24. The summed E-state index contributed by atoms with van der Waals surface area (Å²) in [7, 11) is 0. The van der Waals surface area contributed by atoms with Crippen molar-refractivity contribution < 1.29 is 33.4 Å². The van der Waals surface area contributed by atoms with Gasteiger partial charge < -0.3 is 25.0 Å². The lowest BCUT2D eigenvalue weighted by molar-refractivity contribution is -0.153. The van der Waals surface area contributed by atoms with Crippen molar-refractivity contribution in [2.24, 2.45) is 5.41 Å². The first-order chi connectivity index (χ1) is 21.6. The van der Waals surface area contributed by atoms with Gasteiger partial charge >= 0.3 is 18.0 Å². The Morgan fingerprint density at radius 3 is 2.15 bits per heavy atom. The number of esters is 2. The van der Waals surface area contributed by atoms with Crippen LogP contribution in [0.1, 0.15) is 57.5 Å². The monoisotopic (exact) mass is 628 g/mol. The predicted molar refractivity (Wildman–Crippen MR) is 174 cm³/mol. The Morgan fingerprint density at radius 2 is 1.50 bits per heavy atom. The summed E-state index contributed by atoms with van der Waals surface area (Å²) in [6, 6.07) is 20.2. The highest BCUT2D eigenvalue weighted by atomic mass is 16.6. The second kappa shape index (κ2) is 13.8. The standard InChI is InChI=1S/C35H40N4O7/c1-34(2,3)32(43)39-20-26(30(41)38(21-29(40)46-35(4,5)6)27-17-10-11-18-28(27)39)37-33(44)36-25-16-12-15-24(19-25)31(42)45-22-23-13-8-7-9-14-23/h7-19,26H,20-22H2,1-6H3,(H2,36,37,44). The molecule has 1 unspecified atom stereocenters. The van der Waals surface area contributed by atoms with Crippen molar-refractivity contribution in [3.63, 3.8) is 0 Å². The molecule has 0 saturated heterocycles. The molecule has 4 rings (SSSR count). The molecule has 0 bridgehead atoms. The Kier molecular flexibility index (Phi) is 10.1. The fourth-order valence-electron chi connectivity index (χ4n) is 4.81. The number of fused-ring (bicyclic) bond motifs is 1. The Bertz CT molecular complexity index is 1610. The summed E-state index contributed by atoms with van der Waals surface area (Å²) < 4.78 is 10.9. The molecular weight excluding hydrogens is 588 g/mol. The zero-order valence-electron chi connectivity index (χ0n) is 27.0. The highest BCUT2D eigenvalue weighted by molar-refractivity contribution is 6.11. The van der Waals surface area contributed by atoms with Crippen molar-refractivity contribution in [2.45, 2.75) is 59.8 Å². The third kappa shape index (κ3) is 8.71. The zero-order valence-corrected chi connectivity index (χ0v) is 27.0. The van der Waals surface area contributed by atoms with Crippen LogP contribution < -0.4 is 20.4 Å². The van der Waals surface area contributed by atoms with Gasteiger partial charge in [-0.3, -0.25) is 19.3 Å². The molecule has 0 aromatic heterocycles. The smallest absolute Gasteiger partial charge is 0.338 e. The lowest BCUT2D eigenvalue weighted by Gasteiger charge is -2.30. The maximum Gasteiger partial charge on any atom is 0.338 e. The molecule has 1 atom stereocenters. The topological polar surface area (TPSA) is 134 Å². The quantitative estimate of drug-likeness (QED) is 0.339. The van der Waals surface area contributed by atoms with Gasteiger partial charge in [0.05, 0.1) is 23.5 Å². The van der Waals surface area contributed by atoms with Crippen molar-refractivity contribution in [1.29, 1.82) is 0 Å². The predicted octanol–water partition coefficient (Wildman–Crippen LogP) is 5.30. The number of anilines is 3. The number of rotatable bonds is 7. The van der Waals surface area contributed by atoms with Crippen LogP contribution in [0.5, 0.6) is 0 Å². The average molecular weight is 629 g/mol. The molecule has 4 amide bonds. The normalized spacial score (nSPS) is 14.9. The highest BCUT2D eigenvalue weighted by Gasteiger charge is 2.40. The molecule has 11 heteroatoms. The van der Waals surface area contributed by atoms with E-state index in [1.54, 1.807) is 84.0 Å². The lowest BCUT2D eigenvalue weighted by atomic mass is 9.94. The van der Waals surface area contributed by atoms with Crippen molar-refractivity contribution in [1.82, 2.24) is 5.32 Å². The molecule has 46 heavy (non-hydrogen) atoms. The van der Waals surface area contributed by atoms with E-state index in [4.69, 9.17) is 9.47 Å². The molecule has 0 spiro atoms. The average Bonchev–Trinajstić information content (AvgIpc) is 3.09. The molecule has 0 radical (unpaired) electrons. The maximum absolute atomic E-state index is 14.0. The summed E-state index contributed by atoms with van der Waals surface area (Å²) in [5, 5.41) is 5.33. The van der Waals surface area contributed by atoms with E-state index in [9.17, 15) is 24.0 Å². The van der Waals surface area contributed by atoms with Crippen molar-refractivity contribution in [3.05, 3.63) is 90.0 Å². The fourth-order valence-corrected chi connectivity index (χ4v) is 4.81. The van der Waals surface area contributed by atoms with Crippen LogP contribution in [-0.2, 0) is 30.5 Å². The fraction of sp³-hybridized carbons (Fsp3) is 0.343. The molecule has 11 nitrogen and oxygen atoms in total. The van der Waals surface area contributed by atoms with E-state index in [0.717, 1.165) is 5.56 Å². The van der Waals surface area contributed by atoms with Crippen LogP contribution in [0.15, 0.2) is 78.9 Å². The SMILES string of the molecule is CC(C)(C)OC(=O)CN1C(=O)C(NC(=O)Nc2cccc(C(=O)OCc3ccccc3)c2)CN(C(=O)C(C)(C)C)c2ccccc21. The van der Waals surface area contributed by atoms with E-state index >= 15 is 0 Å². The molecule has 0 fully saturated rings. The van der Waals surface area contributed by atoms with Crippen LogP contribution in [0.25, 0.3) is 0 Å². The molecule has 0 aliphatic carbocycles. The number of carbonyl (C=O) groups excluding carboxylic acids is 5. The number of benzene rings is 3. The molecule has 3 aromatic rings. The summed E-state index contributed by atoms with van der Waals surface area (Å²) in [6.45, 7) is 9.92. The van der Waals surface area contributed by atoms with Gasteiger partial charge in [-0.25, -0.2) is 9.59 Å². The van der Waals surface area contributed by atoms with Gasteiger partial charge in [-0.2, -0.15) is 0 Å². The second-order valence-electron chi connectivity index (χ2n) is 13.0. The van der Waals surface area contributed by atoms with Gasteiger partial charge in [0, 0.05) is 11.1 Å². The van der Waals surface area contributed by atoms with Gasteiger partial charge in [0.1, 0.15) is 24.8 Å². The third-order valence-corrected chi connectivity index (χ3v) is 6.86. The van der Waals surface area contributed by atoms with Crippen LogP contribution in [0, 0.1) is 5.41 Å². The van der Waals surface area contributed by atoms with Crippen LogP contribution in [-0.4, -0.2) is 54.5 Å². The maximum atomic E-state index is 14.0. The summed E-state index contributed by atoms with van der Waals surface area (Å²) in [4.78, 5) is 69.3. The first-order valence-electron chi connectivity index (χ1n) is 15.0. The lowest BCUT2D eigenvalue weighted by Crippen LogP contribution is -2.55. The van der Waals surface area contributed by atoms with Crippen LogP contribution in [0.4, 0.5) is 21.9 Å². The number of hydrogen-bond donors (Lipinski definition) is 2. The molecule has 1 aliphatic heterocycles. The number of nitrogens with one attached hydrogen (secondary N) is 2. The van der Waals surface area contributed by atoms with E-state index in [0.29, 0.717) is 11.4 Å². The Balaban J connectivity index is 1.56. The number of urea groups is 1. The molecule has 2 N–H and O–H groups in total. The van der Waals surface area contributed by atoms with Gasteiger partial charge in [0.25, 0.3) is 5.91 Å². The van der Waals surface area contributed by atoms with Crippen molar-refractivity contribution >= 4 is 46.8 Å². The van der Waals surface area contributed by atoms with E-state index in [2.05, 4.69) is 10.6 Å². The van der Waals surface area contributed by atoms with Crippen molar-refractivity contribution in [3.8, 4) is 0 Å².